The third-order valence-corrected chi connectivity index (χ3v) is 4.56. The lowest BCUT2D eigenvalue weighted by molar-refractivity contribution is 0.0492. The Labute approximate surface area is 177 Å². The van der Waals surface area contributed by atoms with Gasteiger partial charge >= 0.3 is 5.97 Å². The number of nitrogens with two attached hydrogens (primary N) is 1. The van der Waals surface area contributed by atoms with E-state index < -0.39 is 0 Å². The van der Waals surface area contributed by atoms with E-state index in [1.165, 1.54) is 0 Å². The number of benzene rings is 2. The Morgan fingerprint density at radius 1 is 1.07 bits per heavy atom. The van der Waals surface area contributed by atoms with Crippen LogP contribution in [0.4, 0.5) is 5.69 Å². The van der Waals surface area contributed by atoms with Gasteiger partial charge in [-0.3, -0.25) is 0 Å². The van der Waals surface area contributed by atoms with Crippen LogP contribution in [-0.2, 0) is 10.5 Å². The standard InChI is InChI=1S/C19H24N2O2S.2ClH.H2O/c1-21(2)12-5-13-23-19(22)18-7-4-3-6-15(18)14-24-17-10-8-16(20)9-11-17;;;/h3-4,6-11H,5,12-14,20H2,1-2H3;2*1H;1H2. The molecule has 0 fully saturated rings. The van der Waals surface area contributed by atoms with Crippen molar-refractivity contribution in [3.05, 3.63) is 59.7 Å². The highest BCUT2D eigenvalue weighted by Crippen LogP contribution is 2.25. The molecule has 27 heavy (non-hydrogen) atoms. The van der Waals surface area contributed by atoms with E-state index in [2.05, 4.69) is 4.90 Å². The van der Waals surface area contributed by atoms with E-state index in [0.717, 1.165) is 29.1 Å². The number of carbonyl (C=O) groups is 1. The molecule has 2 rings (SSSR count). The van der Waals surface area contributed by atoms with Gasteiger partial charge in [-0.2, -0.15) is 0 Å². The SMILES string of the molecule is CN(C)CCCOC(=O)c1ccccc1CSc1ccc(N)cc1.Cl.Cl.O. The van der Waals surface area contributed by atoms with E-state index in [9.17, 15) is 4.79 Å². The summed E-state index contributed by atoms with van der Waals surface area (Å²) in [7, 11) is 4.01. The third-order valence-electron chi connectivity index (χ3n) is 3.49. The zero-order valence-corrected chi connectivity index (χ0v) is 18.0. The van der Waals surface area contributed by atoms with Crippen LogP contribution in [0.3, 0.4) is 0 Å². The molecule has 0 bridgehead atoms. The van der Waals surface area contributed by atoms with Gasteiger partial charge in [0.05, 0.1) is 12.2 Å². The molecular formula is C19H28Cl2N2O3S. The van der Waals surface area contributed by atoms with Gasteiger partial charge in [0.2, 0.25) is 0 Å². The van der Waals surface area contributed by atoms with Crippen molar-refractivity contribution in [3.63, 3.8) is 0 Å². The monoisotopic (exact) mass is 434 g/mol. The molecule has 0 saturated heterocycles. The highest BCUT2D eigenvalue weighted by molar-refractivity contribution is 7.98. The maximum atomic E-state index is 12.3. The lowest BCUT2D eigenvalue weighted by atomic mass is 10.1. The van der Waals surface area contributed by atoms with Crippen LogP contribution in [0.15, 0.2) is 53.4 Å². The Morgan fingerprint density at radius 2 is 1.70 bits per heavy atom. The average Bonchev–Trinajstić information content (AvgIpc) is 2.58. The van der Waals surface area contributed by atoms with Crippen LogP contribution in [0.2, 0.25) is 0 Å². The van der Waals surface area contributed by atoms with E-state index in [1.807, 2.05) is 62.6 Å². The Balaban J connectivity index is 0. The summed E-state index contributed by atoms with van der Waals surface area (Å²) in [6.45, 7) is 1.35. The Kier molecular flexibility index (Phi) is 15.0. The lowest BCUT2D eigenvalue weighted by Gasteiger charge is -2.11. The van der Waals surface area contributed by atoms with Crippen LogP contribution in [0.5, 0.6) is 0 Å². The number of ether oxygens (including phenoxy) is 1. The predicted octanol–water partition coefficient (Wildman–Crippen LogP) is 3.69. The molecule has 152 valence electrons. The van der Waals surface area contributed by atoms with Crippen molar-refractivity contribution in [2.24, 2.45) is 0 Å². The average molecular weight is 435 g/mol. The molecule has 0 radical (unpaired) electrons. The molecule has 0 aromatic heterocycles. The van der Waals surface area contributed by atoms with E-state index in [1.54, 1.807) is 11.8 Å². The molecule has 0 aliphatic heterocycles. The summed E-state index contributed by atoms with van der Waals surface area (Å²) < 4.78 is 5.40. The molecule has 0 atom stereocenters. The smallest absolute Gasteiger partial charge is 0.338 e. The minimum atomic E-state index is -0.248. The van der Waals surface area contributed by atoms with Crippen LogP contribution in [0.1, 0.15) is 22.3 Å². The number of nitrogens with zero attached hydrogens (tertiary/aromatic N) is 1. The molecule has 2 aromatic rings. The summed E-state index contributed by atoms with van der Waals surface area (Å²) in [5.74, 6) is 0.467. The number of carbonyl (C=O) groups excluding carboxylic acids is 1. The van der Waals surface area contributed by atoms with Crippen molar-refractivity contribution in [1.29, 1.82) is 0 Å². The first-order chi connectivity index (χ1) is 11.6. The highest BCUT2D eigenvalue weighted by atomic mass is 35.5. The molecular weight excluding hydrogens is 407 g/mol. The number of hydrogen-bond acceptors (Lipinski definition) is 5. The van der Waals surface area contributed by atoms with Crippen LogP contribution >= 0.6 is 36.6 Å². The van der Waals surface area contributed by atoms with E-state index in [0.29, 0.717) is 17.9 Å². The fraction of sp³-hybridized carbons (Fsp3) is 0.316. The number of halogens is 2. The van der Waals surface area contributed by atoms with E-state index >= 15 is 0 Å². The molecule has 2 aromatic carbocycles. The summed E-state index contributed by atoms with van der Waals surface area (Å²) >= 11 is 1.68. The number of rotatable bonds is 8. The summed E-state index contributed by atoms with van der Waals surface area (Å²) in [5.41, 5.74) is 8.08. The number of anilines is 1. The molecule has 0 aliphatic carbocycles. The second-order valence-corrected chi connectivity index (χ2v) is 6.86. The number of esters is 1. The topological polar surface area (TPSA) is 87.1 Å². The van der Waals surface area contributed by atoms with Crippen molar-refractivity contribution >= 4 is 48.2 Å². The molecule has 0 spiro atoms. The van der Waals surface area contributed by atoms with Gasteiger partial charge < -0.3 is 20.8 Å². The Hall–Kier alpha value is -1.44. The molecule has 5 nitrogen and oxygen atoms in total. The van der Waals surface area contributed by atoms with Gasteiger partial charge in [0.25, 0.3) is 0 Å². The maximum absolute atomic E-state index is 12.3. The van der Waals surface area contributed by atoms with Crippen molar-refractivity contribution in [2.75, 3.05) is 33.0 Å². The summed E-state index contributed by atoms with van der Waals surface area (Å²) in [5, 5.41) is 0. The molecule has 0 saturated carbocycles. The quantitative estimate of drug-likeness (QED) is 0.296. The van der Waals surface area contributed by atoms with Crippen molar-refractivity contribution < 1.29 is 15.0 Å². The maximum Gasteiger partial charge on any atom is 0.338 e. The van der Waals surface area contributed by atoms with Gasteiger partial charge in [0, 0.05) is 22.9 Å². The summed E-state index contributed by atoms with van der Waals surface area (Å²) in [4.78, 5) is 15.5. The van der Waals surface area contributed by atoms with E-state index in [4.69, 9.17) is 10.5 Å². The van der Waals surface area contributed by atoms with Crippen molar-refractivity contribution in [3.8, 4) is 0 Å². The van der Waals surface area contributed by atoms with Gasteiger partial charge in [0.1, 0.15) is 0 Å². The number of thioether (sulfide) groups is 1. The first-order valence-electron chi connectivity index (χ1n) is 7.94. The molecule has 0 aliphatic rings. The summed E-state index contributed by atoms with van der Waals surface area (Å²) in [6.07, 6.45) is 0.834. The first kappa shape index (κ1) is 27.8. The van der Waals surface area contributed by atoms with Gasteiger partial charge in [-0.1, -0.05) is 18.2 Å². The van der Waals surface area contributed by atoms with Gasteiger partial charge in [-0.15, -0.1) is 36.6 Å². The van der Waals surface area contributed by atoms with Gasteiger partial charge in [-0.05, 0) is 56.4 Å². The van der Waals surface area contributed by atoms with Gasteiger partial charge in [-0.25, -0.2) is 4.79 Å². The highest BCUT2D eigenvalue weighted by Gasteiger charge is 2.12. The second kappa shape index (κ2) is 14.6. The van der Waals surface area contributed by atoms with Crippen molar-refractivity contribution in [1.82, 2.24) is 4.90 Å². The zero-order valence-electron chi connectivity index (χ0n) is 15.5. The fourth-order valence-electron chi connectivity index (χ4n) is 2.19. The number of nitrogen functional groups attached to an aromatic ring is 1. The third kappa shape index (κ3) is 9.89. The lowest BCUT2D eigenvalue weighted by Crippen LogP contribution is -2.16. The van der Waals surface area contributed by atoms with Gasteiger partial charge in [0.15, 0.2) is 0 Å². The minimum Gasteiger partial charge on any atom is -0.462 e. The molecule has 8 heteroatoms. The van der Waals surface area contributed by atoms with Crippen molar-refractivity contribution in [2.45, 2.75) is 17.1 Å². The van der Waals surface area contributed by atoms with Crippen LogP contribution in [-0.4, -0.2) is 43.6 Å². The Morgan fingerprint density at radius 3 is 2.33 bits per heavy atom. The second-order valence-electron chi connectivity index (χ2n) is 5.81. The minimum absolute atomic E-state index is 0. The van der Waals surface area contributed by atoms with E-state index in [-0.39, 0.29) is 36.3 Å². The van der Waals surface area contributed by atoms with Crippen LogP contribution < -0.4 is 5.73 Å². The molecule has 4 N–H and O–H groups in total. The zero-order chi connectivity index (χ0) is 17.4. The molecule has 0 amide bonds. The largest absolute Gasteiger partial charge is 0.462 e. The normalized spacial score (nSPS) is 9.59. The van der Waals surface area contributed by atoms with Crippen LogP contribution in [0, 0.1) is 0 Å². The molecule has 0 heterocycles. The predicted molar refractivity (Wildman–Crippen MR) is 118 cm³/mol. The first-order valence-corrected chi connectivity index (χ1v) is 8.93. The summed E-state index contributed by atoms with van der Waals surface area (Å²) in [6, 6.07) is 15.4. The van der Waals surface area contributed by atoms with Crippen LogP contribution in [0.25, 0.3) is 0 Å². The Bertz CT molecular complexity index is 670. The number of hydrogen-bond donors (Lipinski definition) is 1. The molecule has 0 unspecified atom stereocenters. The fourth-order valence-corrected chi connectivity index (χ4v) is 3.10.